The lowest BCUT2D eigenvalue weighted by atomic mass is 10.2. The second kappa shape index (κ2) is 4.12. The SMILES string of the molecule is CC.Cc1cc2n(c1)C(=O)NCC2. The molecule has 0 bridgehead atoms. The van der Waals surface area contributed by atoms with Gasteiger partial charge in [-0.15, -0.1) is 0 Å². The number of nitrogens with zero attached hydrogens (tertiary/aromatic N) is 1. The Morgan fingerprint density at radius 3 is 2.77 bits per heavy atom. The molecule has 1 aliphatic heterocycles. The summed E-state index contributed by atoms with van der Waals surface area (Å²) < 4.78 is 1.68. The summed E-state index contributed by atoms with van der Waals surface area (Å²) in [6.45, 7) is 6.76. The highest BCUT2D eigenvalue weighted by atomic mass is 16.2. The van der Waals surface area contributed by atoms with Gasteiger partial charge < -0.3 is 5.32 Å². The summed E-state index contributed by atoms with van der Waals surface area (Å²) in [5, 5.41) is 2.78. The van der Waals surface area contributed by atoms with Gasteiger partial charge in [0.2, 0.25) is 0 Å². The van der Waals surface area contributed by atoms with E-state index in [-0.39, 0.29) is 6.03 Å². The number of nitrogens with one attached hydrogen (secondary N) is 1. The van der Waals surface area contributed by atoms with Crippen molar-refractivity contribution in [2.24, 2.45) is 0 Å². The summed E-state index contributed by atoms with van der Waals surface area (Å²) in [4.78, 5) is 11.2. The van der Waals surface area contributed by atoms with Crippen molar-refractivity contribution >= 4 is 6.03 Å². The molecular formula is C10H16N2O. The Balaban J connectivity index is 0.000000396. The van der Waals surface area contributed by atoms with Gasteiger partial charge in [0.05, 0.1) is 0 Å². The lowest BCUT2D eigenvalue weighted by molar-refractivity contribution is 0.239. The number of hydrogen-bond acceptors (Lipinski definition) is 1. The Labute approximate surface area is 78.8 Å². The van der Waals surface area contributed by atoms with Crippen molar-refractivity contribution in [3.63, 3.8) is 0 Å². The van der Waals surface area contributed by atoms with Gasteiger partial charge in [0, 0.05) is 24.9 Å². The Morgan fingerprint density at radius 1 is 1.46 bits per heavy atom. The molecule has 1 aliphatic rings. The quantitative estimate of drug-likeness (QED) is 0.650. The first-order valence-electron chi connectivity index (χ1n) is 4.73. The van der Waals surface area contributed by atoms with Crippen LogP contribution in [0.2, 0.25) is 0 Å². The predicted molar refractivity (Wildman–Crippen MR) is 53.0 cm³/mol. The zero-order valence-electron chi connectivity index (χ0n) is 8.42. The molecule has 0 aliphatic carbocycles. The van der Waals surface area contributed by atoms with Crippen LogP contribution in [0.1, 0.15) is 25.1 Å². The Hall–Kier alpha value is -1.25. The van der Waals surface area contributed by atoms with Gasteiger partial charge in [-0.05, 0) is 18.6 Å². The minimum Gasteiger partial charge on any atom is -0.337 e. The second-order valence-corrected chi connectivity index (χ2v) is 2.86. The molecule has 2 rings (SSSR count). The van der Waals surface area contributed by atoms with Crippen LogP contribution in [0.5, 0.6) is 0 Å². The number of amides is 1. The Kier molecular flexibility index (Phi) is 3.12. The van der Waals surface area contributed by atoms with Crippen molar-refractivity contribution in [2.75, 3.05) is 6.54 Å². The molecule has 3 nitrogen and oxygen atoms in total. The lowest BCUT2D eigenvalue weighted by Gasteiger charge is -2.14. The number of carbonyl (C=O) groups is 1. The van der Waals surface area contributed by atoms with Gasteiger partial charge >= 0.3 is 6.03 Å². The average molecular weight is 180 g/mol. The molecule has 72 valence electrons. The fourth-order valence-electron chi connectivity index (χ4n) is 1.42. The van der Waals surface area contributed by atoms with Crippen LogP contribution in [0.4, 0.5) is 4.79 Å². The first kappa shape index (κ1) is 9.84. The molecule has 3 heteroatoms. The van der Waals surface area contributed by atoms with E-state index in [9.17, 15) is 4.79 Å². The lowest BCUT2D eigenvalue weighted by Crippen LogP contribution is -2.35. The van der Waals surface area contributed by atoms with E-state index < -0.39 is 0 Å². The van der Waals surface area contributed by atoms with E-state index >= 15 is 0 Å². The number of rotatable bonds is 0. The summed E-state index contributed by atoms with van der Waals surface area (Å²) in [5.41, 5.74) is 2.27. The topological polar surface area (TPSA) is 34.0 Å². The molecule has 0 saturated heterocycles. The van der Waals surface area contributed by atoms with Crippen molar-refractivity contribution in [1.82, 2.24) is 9.88 Å². The second-order valence-electron chi connectivity index (χ2n) is 2.86. The predicted octanol–water partition coefficient (Wildman–Crippen LogP) is 1.94. The molecule has 0 spiro atoms. The number of aromatic nitrogens is 1. The summed E-state index contributed by atoms with van der Waals surface area (Å²) in [6, 6.07) is 2.05. The molecule has 2 heterocycles. The van der Waals surface area contributed by atoms with Crippen LogP contribution in [0.25, 0.3) is 0 Å². The standard InChI is InChI=1S/C8H10N2O.C2H6/c1-6-4-7-2-3-9-8(11)10(7)5-6;1-2/h4-5H,2-3H2,1H3,(H,9,11);1-2H3. The molecule has 13 heavy (non-hydrogen) atoms. The van der Waals surface area contributed by atoms with Crippen LogP contribution in [-0.2, 0) is 6.42 Å². The van der Waals surface area contributed by atoms with Gasteiger partial charge in [0.15, 0.2) is 0 Å². The van der Waals surface area contributed by atoms with Crippen LogP contribution in [0.3, 0.4) is 0 Å². The first-order valence-corrected chi connectivity index (χ1v) is 4.73. The van der Waals surface area contributed by atoms with Gasteiger partial charge in [-0.3, -0.25) is 4.57 Å². The highest BCUT2D eigenvalue weighted by Crippen LogP contribution is 2.10. The van der Waals surface area contributed by atoms with Crippen LogP contribution in [-0.4, -0.2) is 17.1 Å². The number of aryl methyl sites for hydroxylation is 1. The molecular weight excluding hydrogens is 164 g/mol. The fourth-order valence-corrected chi connectivity index (χ4v) is 1.42. The minimum absolute atomic E-state index is 0.000602. The number of carbonyl (C=O) groups excluding carboxylic acids is 1. The van der Waals surface area contributed by atoms with Crippen LogP contribution in [0, 0.1) is 6.92 Å². The van der Waals surface area contributed by atoms with E-state index in [1.54, 1.807) is 4.57 Å². The van der Waals surface area contributed by atoms with E-state index in [1.807, 2.05) is 27.0 Å². The smallest absolute Gasteiger partial charge is 0.325 e. The summed E-state index contributed by atoms with van der Waals surface area (Å²) in [5.74, 6) is 0. The van der Waals surface area contributed by atoms with Crippen molar-refractivity contribution in [2.45, 2.75) is 27.2 Å². The molecule has 0 unspecified atom stereocenters. The van der Waals surface area contributed by atoms with Crippen molar-refractivity contribution in [1.29, 1.82) is 0 Å². The zero-order valence-corrected chi connectivity index (χ0v) is 8.42. The molecule has 0 fully saturated rings. The molecule has 1 aromatic rings. The van der Waals surface area contributed by atoms with Gasteiger partial charge in [-0.1, -0.05) is 13.8 Å². The third-order valence-electron chi connectivity index (χ3n) is 1.91. The summed E-state index contributed by atoms with van der Waals surface area (Å²) >= 11 is 0. The van der Waals surface area contributed by atoms with E-state index in [4.69, 9.17) is 0 Å². The van der Waals surface area contributed by atoms with Gasteiger partial charge in [-0.25, -0.2) is 4.79 Å². The fraction of sp³-hybridized carbons (Fsp3) is 0.500. The maximum Gasteiger partial charge on any atom is 0.325 e. The van der Waals surface area contributed by atoms with E-state index in [2.05, 4.69) is 11.4 Å². The van der Waals surface area contributed by atoms with E-state index in [0.29, 0.717) is 0 Å². The maximum absolute atomic E-state index is 11.2. The Bertz CT molecular complexity index is 302. The highest BCUT2D eigenvalue weighted by molar-refractivity contribution is 5.78. The zero-order chi connectivity index (χ0) is 9.84. The maximum atomic E-state index is 11.2. The van der Waals surface area contributed by atoms with Crippen molar-refractivity contribution in [3.05, 3.63) is 23.5 Å². The summed E-state index contributed by atoms with van der Waals surface area (Å²) in [7, 11) is 0. The number of fused-ring (bicyclic) bond motifs is 1. The largest absolute Gasteiger partial charge is 0.337 e. The van der Waals surface area contributed by atoms with E-state index in [0.717, 1.165) is 24.2 Å². The monoisotopic (exact) mass is 180 g/mol. The molecule has 1 N–H and O–H groups in total. The third-order valence-corrected chi connectivity index (χ3v) is 1.91. The van der Waals surface area contributed by atoms with Gasteiger partial charge in [0.25, 0.3) is 0 Å². The van der Waals surface area contributed by atoms with E-state index in [1.165, 1.54) is 0 Å². The average Bonchev–Trinajstić information content (AvgIpc) is 2.51. The molecule has 0 atom stereocenters. The third kappa shape index (κ3) is 1.91. The molecule has 0 saturated carbocycles. The molecule has 1 amide bonds. The van der Waals surface area contributed by atoms with Crippen LogP contribution < -0.4 is 5.32 Å². The van der Waals surface area contributed by atoms with Crippen LogP contribution >= 0.6 is 0 Å². The molecule has 0 radical (unpaired) electrons. The number of hydrogen-bond donors (Lipinski definition) is 1. The highest BCUT2D eigenvalue weighted by Gasteiger charge is 2.14. The normalized spacial score (nSPS) is 13.9. The minimum atomic E-state index is -0.000602. The van der Waals surface area contributed by atoms with Crippen molar-refractivity contribution in [3.8, 4) is 0 Å². The van der Waals surface area contributed by atoms with Crippen LogP contribution in [0.15, 0.2) is 12.3 Å². The summed E-state index contributed by atoms with van der Waals surface area (Å²) in [6.07, 6.45) is 2.81. The molecule has 0 aromatic carbocycles. The Morgan fingerprint density at radius 2 is 2.15 bits per heavy atom. The van der Waals surface area contributed by atoms with Crippen molar-refractivity contribution < 1.29 is 4.79 Å². The van der Waals surface area contributed by atoms with Gasteiger partial charge in [-0.2, -0.15) is 0 Å². The van der Waals surface area contributed by atoms with Gasteiger partial charge in [0.1, 0.15) is 0 Å². The molecule has 1 aromatic heterocycles. The first-order chi connectivity index (χ1) is 6.27.